The quantitative estimate of drug-likeness (QED) is 0.798. The Labute approximate surface area is 114 Å². The molecule has 0 aromatic heterocycles. The highest BCUT2D eigenvalue weighted by molar-refractivity contribution is 5.50. The molecule has 102 valence electrons. The van der Waals surface area contributed by atoms with E-state index >= 15 is 0 Å². The third-order valence-corrected chi connectivity index (χ3v) is 2.73. The zero-order valence-electron chi connectivity index (χ0n) is 10.5. The number of alkyl halides is 3. The van der Waals surface area contributed by atoms with E-state index in [-0.39, 0.29) is 5.75 Å². The molecular weight excluding hydrogens is 267 g/mol. The van der Waals surface area contributed by atoms with Crippen LogP contribution in [0.4, 0.5) is 13.2 Å². The van der Waals surface area contributed by atoms with Crippen molar-refractivity contribution >= 4 is 0 Å². The normalized spacial score (nSPS) is 10.9. The predicted molar refractivity (Wildman–Crippen MR) is 67.4 cm³/mol. The highest BCUT2D eigenvalue weighted by atomic mass is 19.4. The molecule has 0 aliphatic carbocycles. The van der Waals surface area contributed by atoms with Crippen molar-refractivity contribution in [1.29, 1.82) is 5.26 Å². The van der Waals surface area contributed by atoms with Crippen molar-refractivity contribution < 1.29 is 17.9 Å². The molecule has 2 aromatic rings. The van der Waals surface area contributed by atoms with Crippen LogP contribution in [0, 0.1) is 18.3 Å². The smallest absolute Gasteiger partial charge is 0.416 e. The molecule has 0 aliphatic rings. The van der Waals surface area contributed by atoms with Crippen molar-refractivity contribution in [3.8, 4) is 17.6 Å². The van der Waals surface area contributed by atoms with Gasteiger partial charge in [-0.25, -0.2) is 0 Å². The lowest BCUT2D eigenvalue weighted by atomic mass is 10.1. The Morgan fingerprint density at radius 3 is 2.25 bits per heavy atom. The maximum Gasteiger partial charge on any atom is 0.416 e. The fourth-order valence-corrected chi connectivity index (χ4v) is 1.71. The first-order valence-corrected chi connectivity index (χ1v) is 5.76. The second-order valence-electron chi connectivity index (χ2n) is 4.19. The molecule has 0 unspecified atom stereocenters. The Hall–Kier alpha value is -2.48. The number of nitriles is 1. The minimum absolute atomic E-state index is 0.254. The van der Waals surface area contributed by atoms with Crippen LogP contribution < -0.4 is 4.74 Å². The van der Waals surface area contributed by atoms with Gasteiger partial charge in [-0.3, -0.25) is 0 Å². The van der Waals surface area contributed by atoms with E-state index in [1.54, 1.807) is 25.1 Å². The van der Waals surface area contributed by atoms with Gasteiger partial charge in [0.2, 0.25) is 0 Å². The van der Waals surface area contributed by atoms with Gasteiger partial charge >= 0.3 is 6.18 Å². The molecule has 0 bridgehead atoms. The zero-order valence-corrected chi connectivity index (χ0v) is 10.5. The molecule has 0 amide bonds. The van der Waals surface area contributed by atoms with E-state index < -0.39 is 11.7 Å². The first-order chi connectivity index (χ1) is 9.41. The molecule has 20 heavy (non-hydrogen) atoms. The number of benzene rings is 2. The van der Waals surface area contributed by atoms with Crippen LogP contribution in [0.1, 0.15) is 16.7 Å². The summed E-state index contributed by atoms with van der Waals surface area (Å²) >= 11 is 0. The van der Waals surface area contributed by atoms with E-state index in [1.807, 2.05) is 6.07 Å². The Bertz CT molecular complexity index is 654. The van der Waals surface area contributed by atoms with Crippen LogP contribution in [0.25, 0.3) is 0 Å². The van der Waals surface area contributed by atoms with Gasteiger partial charge in [-0.15, -0.1) is 0 Å². The molecule has 2 rings (SSSR count). The number of hydrogen-bond acceptors (Lipinski definition) is 2. The molecule has 2 aromatic carbocycles. The van der Waals surface area contributed by atoms with Gasteiger partial charge in [0.05, 0.1) is 11.1 Å². The molecule has 0 N–H and O–H groups in total. The Balaban J connectivity index is 2.30. The molecule has 0 saturated heterocycles. The molecule has 0 saturated carbocycles. The van der Waals surface area contributed by atoms with Gasteiger partial charge in [-0.2, -0.15) is 18.4 Å². The maximum absolute atomic E-state index is 12.4. The van der Waals surface area contributed by atoms with Crippen LogP contribution >= 0.6 is 0 Å². The number of ether oxygens (including phenoxy) is 1. The summed E-state index contributed by atoms with van der Waals surface area (Å²) in [4.78, 5) is 0. The average molecular weight is 277 g/mol. The molecule has 0 radical (unpaired) electrons. The van der Waals surface area contributed by atoms with Crippen LogP contribution in [0.15, 0.2) is 42.5 Å². The van der Waals surface area contributed by atoms with E-state index in [2.05, 4.69) is 0 Å². The molecule has 0 atom stereocenters. The van der Waals surface area contributed by atoms with Crippen LogP contribution in [-0.4, -0.2) is 0 Å². The lowest BCUT2D eigenvalue weighted by Gasteiger charge is -2.11. The zero-order chi connectivity index (χ0) is 14.8. The Morgan fingerprint density at radius 2 is 1.70 bits per heavy atom. The van der Waals surface area contributed by atoms with Crippen molar-refractivity contribution in [1.82, 2.24) is 0 Å². The Kier molecular flexibility index (Phi) is 3.66. The monoisotopic (exact) mass is 277 g/mol. The van der Waals surface area contributed by atoms with Crippen molar-refractivity contribution in [3.05, 3.63) is 59.2 Å². The number of para-hydroxylation sites is 1. The fourth-order valence-electron chi connectivity index (χ4n) is 1.71. The van der Waals surface area contributed by atoms with Gasteiger partial charge in [0.15, 0.2) is 0 Å². The van der Waals surface area contributed by atoms with Crippen LogP contribution in [0.5, 0.6) is 11.5 Å². The minimum atomic E-state index is -4.38. The lowest BCUT2D eigenvalue weighted by molar-refractivity contribution is -0.137. The summed E-state index contributed by atoms with van der Waals surface area (Å²) in [5.41, 5.74) is 0.337. The van der Waals surface area contributed by atoms with Crippen LogP contribution in [0.3, 0.4) is 0 Å². The van der Waals surface area contributed by atoms with Crippen molar-refractivity contribution in [2.24, 2.45) is 0 Å². The third-order valence-electron chi connectivity index (χ3n) is 2.73. The van der Waals surface area contributed by atoms with E-state index in [0.29, 0.717) is 11.3 Å². The summed E-state index contributed by atoms with van der Waals surface area (Å²) in [5, 5.41) is 8.99. The number of aryl methyl sites for hydroxylation is 1. The largest absolute Gasteiger partial charge is 0.456 e. The highest BCUT2D eigenvalue weighted by Crippen LogP contribution is 2.33. The van der Waals surface area contributed by atoms with Crippen molar-refractivity contribution in [2.45, 2.75) is 13.1 Å². The van der Waals surface area contributed by atoms with Gasteiger partial charge in [0.1, 0.15) is 17.6 Å². The minimum Gasteiger partial charge on any atom is -0.456 e. The van der Waals surface area contributed by atoms with E-state index in [0.717, 1.165) is 17.7 Å². The summed E-state index contributed by atoms with van der Waals surface area (Å²) in [7, 11) is 0. The second kappa shape index (κ2) is 5.25. The first kappa shape index (κ1) is 13.9. The van der Waals surface area contributed by atoms with Crippen molar-refractivity contribution in [3.63, 3.8) is 0 Å². The molecule has 0 aliphatic heterocycles. The van der Waals surface area contributed by atoms with E-state index in [9.17, 15) is 13.2 Å². The molecule has 0 fully saturated rings. The second-order valence-corrected chi connectivity index (χ2v) is 4.19. The predicted octanol–water partition coefficient (Wildman–Crippen LogP) is 4.68. The van der Waals surface area contributed by atoms with Gasteiger partial charge < -0.3 is 4.74 Å². The Morgan fingerprint density at radius 1 is 1.05 bits per heavy atom. The molecule has 0 spiro atoms. The SMILES string of the molecule is Cc1cccc(C#N)c1Oc1ccc(C(F)(F)F)cc1. The van der Waals surface area contributed by atoms with Crippen molar-refractivity contribution in [2.75, 3.05) is 0 Å². The van der Waals surface area contributed by atoms with Crippen LogP contribution in [0.2, 0.25) is 0 Å². The number of halogens is 3. The highest BCUT2D eigenvalue weighted by Gasteiger charge is 2.30. The van der Waals surface area contributed by atoms with Gasteiger partial charge in [0, 0.05) is 0 Å². The summed E-state index contributed by atoms with van der Waals surface area (Å²) in [5.74, 6) is 0.610. The van der Waals surface area contributed by atoms with Gasteiger partial charge in [-0.1, -0.05) is 12.1 Å². The molecule has 0 heterocycles. The van der Waals surface area contributed by atoms with Gasteiger partial charge in [-0.05, 0) is 42.8 Å². The fraction of sp³-hybridized carbons (Fsp3) is 0.133. The summed E-state index contributed by atoms with van der Waals surface area (Å²) in [6.07, 6.45) is -4.38. The molecular formula is C15H10F3NO. The van der Waals surface area contributed by atoms with E-state index in [4.69, 9.17) is 10.00 Å². The molecule has 5 heteroatoms. The lowest BCUT2D eigenvalue weighted by Crippen LogP contribution is -2.04. The van der Waals surface area contributed by atoms with Crippen LogP contribution in [-0.2, 0) is 6.18 Å². The summed E-state index contributed by atoms with van der Waals surface area (Å²) < 4.78 is 42.8. The summed E-state index contributed by atoms with van der Waals surface area (Å²) in [6, 6.07) is 11.4. The molecule has 2 nitrogen and oxygen atoms in total. The first-order valence-electron chi connectivity index (χ1n) is 5.76. The number of hydrogen-bond donors (Lipinski definition) is 0. The number of nitrogens with zero attached hydrogens (tertiary/aromatic N) is 1. The topological polar surface area (TPSA) is 33.0 Å². The van der Waals surface area contributed by atoms with Gasteiger partial charge in [0.25, 0.3) is 0 Å². The van der Waals surface area contributed by atoms with E-state index in [1.165, 1.54) is 12.1 Å². The number of rotatable bonds is 2. The summed E-state index contributed by atoms with van der Waals surface area (Å²) in [6.45, 7) is 1.76. The maximum atomic E-state index is 12.4. The average Bonchev–Trinajstić information content (AvgIpc) is 2.40. The standard InChI is InChI=1S/C15H10F3NO/c1-10-3-2-4-11(9-19)14(10)20-13-7-5-12(6-8-13)15(16,17)18/h2-8H,1H3. The third kappa shape index (κ3) is 2.91.